The molecule has 12 heteroatoms. The molecule has 0 spiro atoms. The Bertz CT molecular complexity index is 1460. The van der Waals surface area contributed by atoms with E-state index >= 15 is 0 Å². The topological polar surface area (TPSA) is 113 Å². The average molecular weight is 629 g/mol. The van der Waals surface area contributed by atoms with Gasteiger partial charge in [-0.1, -0.05) is 51.3 Å². The van der Waals surface area contributed by atoms with E-state index in [9.17, 15) is 23.4 Å². The third kappa shape index (κ3) is 4.51. The van der Waals surface area contributed by atoms with Crippen molar-refractivity contribution in [2.45, 2.75) is 60.6 Å². The zero-order chi connectivity index (χ0) is 26.7. The largest absolute Gasteiger partial charge is 0.390 e. The van der Waals surface area contributed by atoms with E-state index in [1.54, 1.807) is 19.1 Å². The van der Waals surface area contributed by atoms with Gasteiger partial charge >= 0.3 is 0 Å². The molecule has 0 bridgehead atoms. The van der Waals surface area contributed by atoms with Crippen molar-refractivity contribution in [3.05, 3.63) is 68.7 Å². The lowest BCUT2D eigenvalue weighted by Crippen LogP contribution is -2.47. The number of aliphatic hydroxyl groups excluding tert-OH is 2. The molecule has 37 heavy (non-hydrogen) atoms. The van der Waals surface area contributed by atoms with Gasteiger partial charge in [-0.3, -0.25) is 9.36 Å². The molecule has 3 aromatic rings. The van der Waals surface area contributed by atoms with E-state index in [2.05, 4.69) is 20.9 Å². The number of anilines is 2. The number of amides is 1. The van der Waals surface area contributed by atoms with Crippen LogP contribution < -0.4 is 4.90 Å². The highest BCUT2D eigenvalue weighted by Gasteiger charge is 2.53. The van der Waals surface area contributed by atoms with Crippen LogP contribution in [0.5, 0.6) is 0 Å². The quantitative estimate of drug-likeness (QED) is 0.426. The zero-order valence-electron chi connectivity index (χ0n) is 19.7. The maximum Gasteiger partial charge on any atom is 0.260 e. The van der Waals surface area contributed by atoms with Crippen molar-refractivity contribution in [2.24, 2.45) is 0 Å². The van der Waals surface area contributed by atoms with Gasteiger partial charge in [-0.25, -0.2) is 18.3 Å². The summed E-state index contributed by atoms with van der Waals surface area (Å²) in [5, 5.41) is 20.0. The van der Waals surface area contributed by atoms with Crippen LogP contribution in [0.4, 0.5) is 11.6 Å². The molecule has 1 amide bonds. The lowest BCUT2D eigenvalue weighted by molar-refractivity contribution is -0.124. The highest BCUT2D eigenvalue weighted by Crippen LogP contribution is 2.45. The number of nitrogens with zero attached hydrogens (tertiary/aromatic N) is 3. The molecule has 196 valence electrons. The number of rotatable bonds is 5. The van der Waals surface area contributed by atoms with Crippen LogP contribution in [0.2, 0.25) is 10.0 Å². The van der Waals surface area contributed by atoms with Crippen LogP contribution in [0.1, 0.15) is 31.7 Å². The normalized spacial score (nSPS) is 25.9. The van der Waals surface area contributed by atoms with Crippen LogP contribution in [0, 0.1) is 0 Å². The van der Waals surface area contributed by atoms with Gasteiger partial charge in [0.1, 0.15) is 5.54 Å². The van der Waals surface area contributed by atoms with Crippen LogP contribution in [-0.4, -0.2) is 51.5 Å². The van der Waals surface area contributed by atoms with Crippen molar-refractivity contribution in [3.63, 3.8) is 0 Å². The Morgan fingerprint density at radius 1 is 1.11 bits per heavy atom. The van der Waals surface area contributed by atoms with E-state index < -0.39 is 38.7 Å². The summed E-state index contributed by atoms with van der Waals surface area (Å²) in [6.07, 6.45) is -0.244. The molecule has 2 aromatic carbocycles. The van der Waals surface area contributed by atoms with Gasteiger partial charge in [0.25, 0.3) is 5.91 Å². The first-order chi connectivity index (χ1) is 17.4. The predicted molar refractivity (Wildman–Crippen MR) is 144 cm³/mol. The lowest BCUT2D eigenvalue weighted by atomic mass is 9.92. The van der Waals surface area contributed by atoms with Gasteiger partial charge in [0.2, 0.25) is 15.8 Å². The highest BCUT2D eigenvalue weighted by molar-refractivity contribution is 9.10. The zero-order valence-corrected chi connectivity index (χ0v) is 23.6. The van der Waals surface area contributed by atoms with Crippen molar-refractivity contribution in [2.75, 3.05) is 4.90 Å². The van der Waals surface area contributed by atoms with Gasteiger partial charge < -0.3 is 10.2 Å². The summed E-state index contributed by atoms with van der Waals surface area (Å²) in [7, 11) is -4.19. The molecule has 1 aromatic heterocycles. The summed E-state index contributed by atoms with van der Waals surface area (Å²) < 4.78 is 30.1. The van der Waals surface area contributed by atoms with Crippen LogP contribution in [0.15, 0.2) is 58.2 Å². The Morgan fingerprint density at radius 2 is 1.76 bits per heavy atom. The van der Waals surface area contributed by atoms with E-state index in [1.165, 1.54) is 21.7 Å². The number of benzene rings is 2. The molecule has 8 nitrogen and oxygen atoms in total. The Labute approximate surface area is 232 Å². The van der Waals surface area contributed by atoms with Crippen molar-refractivity contribution in [3.8, 4) is 0 Å². The monoisotopic (exact) mass is 627 g/mol. The number of halogens is 3. The smallest absolute Gasteiger partial charge is 0.260 e. The molecular formula is C25H24BrCl2N3O5S. The molecule has 4 unspecified atom stereocenters. The van der Waals surface area contributed by atoms with E-state index in [4.69, 9.17) is 23.2 Å². The molecular weight excluding hydrogens is 605 g/mol. The molecule has 5 rings (SSSR count). The number of carbonyl (C=O) groups is 1. The van der Waals surface area contributed by atoms with E-state index in [0.717, 1.165) is 10.0 Å². The van der Waals surface area contributed by atoms with Crippen molar-refractivity contribution in [1.29, 1.82) is 0 Å². The molecule has 2 heterocycles. The van der Waals surface area contributed by atoms with E-state index in [-0.39, 0.29) is 23.8 Å². The van der Waals surface area contributed by atoms with Crippen molar-refractivity contribution < 1.29 is 23.4 Å². The lowest BCUT2D eigenvalue weighted by Gasteiger charge is -2.32. The number of hydrogen-bond donors (Lipinski definition) is 2. The fraction of sp³-hybridized carbons (Fsp3) is 0.360. The fourth-order valence-corrected chi connectivity index (χ4v) is 8.10. The first-order valence-electron chi connectivity index (χ1n) is 11.7. The third-order valence-electron chi connectivity index (χ3n) is 7.09. The van der Waals surface area contributed by atoms with Gasteiger partial charge in [0.15, 0.2) is 5.03 Å². The number of carbonyl (C=O) groups excluding carboxylic acids is 1. The number of aromatic nitrogens is 2. The van der Waals surface area contributed by atoms with Gasteiger partial charge in [0.05, 0.1) is 29.3 Å². The summed E-state index contributed by atoms with van der Waals surface area (Å²) >= 11 is 15.9. The fourth-order valence-electron chi connectivity index (χ4n) is 5.24. The number of fused-ring (bicyclic) bond motifs is 1. The van der Waals surface area contributed by atoms with Crippen molar-refractivity contribution in [1.82, 2.24) is 9.55 Å². The number of imidazole rings is 1. The molecule has 1 saturated carbocycles. The van der Waals surface area contributed by atoms with Crippen molar-refractivity contribution >= 4 is 66.5 Å². The van der Waals surface area contributed by atoms with Gasteiger partial charge in [0, 0.05) is 20.9 Å². The predicted octanol–water partition coefficient (Wildman–Crippen LogP) is 4.64. The molecule has 1 aliphatic heterocycles. The molecule has 4 atom stereocenters. The Balaban J connectivity index is 1.69. The third-order valence-corrected chi connectivity index (χ3v) is 10.2. The summed E-state index contributed by atoms with van der Waals surface area (Å²) in [4.78, 5) is 19.8. The average Bonchev–Trinajstić information content (AvgIpc) is 3.35. The molecule has 2 N–H and O–H groups in total. The standard InChI is InChI=1S/C25H24BrCl2N3O5S/c1-25(12-14-5-7-15(26)8-6-14)23(34)30(18-10-16(27)9-17(28)11-18)24-29-13-21(31(24)25)37(35,36)20-4-2-3-19(32)22(20)33/h5-11,13,19-20,22,32-33H,2-4,12H2,1H3. The van der Waals surface area contributed by atoms with Gasteiger partial charge in [-0.05, 0) is 62.1 Å². The summed E-state index contributed by atoms with van der Waals surface area (Å²) in [6, 6.07) is 12.1. The number of hydrogen-bond acceptors (Lipinski definition) is 6. The maximum atomic E-state index is 14.1. The minimum atomic E-state index is -4.19. The second-order valence-electron chi connectivity index (χ2n) is 9.65. The second kappa shape index (κ2) is 9.66. The first-order valence-corrected chi connectivity index (χ1v) is 14.8. The Hall–Kier alpha value is -1.95. The van der Waals surface area contributed by atoms with Crippen LogP contribution in [0.3, 0.4) is 0 Å². The molecule has 2 aliphatic rings. The molecule has 1 aliphatic carbocycles. The summed E-state index contributed by atoms with van der Waals surface area (Å²) in [6.45, 7) is 1.67. The van der Waals surface area contributed by atoms with E-state index in [1.807, 2.05) is 24.3 Å². The van der Waals surface area contributed by atoms with Crippen LogP contribution >= 0.6 is 39.1 Å². The number of aliphatic hydroxyl groups is 2. The highest BCUT2D eigenvalue weighted by atomic mass is 79.9. The Morgan fingerprint density at radius 3 is 2.41 bits per heavy atom. The van der Waals surface area contributed by atoms with E-state index in [0.29, 0.717) is 28.6 Å². The maximum absolute atomic E-state index is 14.1. The second-order valence-corrected chi connectivity index (χ2v) is 13.6. The van der Waals surface area contributed by atoms with Gasteiger partial charge in [-0.15, -0.1) is 0 Å². The van der Waals surface area contributed by atoms with Crippen LogP contribution in [0.25, 0.3) is 0 Å². The summed E-state index contributed by atoms with van der Waals surface area (Å²) in [5.74, 6) is -0.301. The SMILES string of the molecule is CC1(Cc2ccc(Br)cc2)C(=O)N(c2cc(Cl)cc(Cl)c2)c2ncc(S(=O)(=O)C3CCCC(O)C3O)n21. The summed E-state index contributed by atoms with van der Waals surface area (Å²) in [5.41, 5.74) is -0.221. The first kappa shape index (κ1) is 26.6. The molecule has 0 radical (unpaired) electrons. The minimum absolute atomic E-state index is 0.104. The number of sulfone groups is 1. The molecule has 1 fully saturated rings. The van der Waals surface area contributed by atoms with Gasteiger partial charge in [-0.2, -0.15) is 0 Å². The Kier molecular flexibility index (Phi) is 6.96. The minimum Gasteiger partial charge on any atom is -0.390 e. The van der Waals surface area contributed by atoms with Crippen LogP contribution in [-0.2, 0) is 26.6 Å². The molecule has 0 saturated heterocycles.